The van der Waals surface area contributed by atoms with Crippen LogP contribution in [-0.4, -0.2) is 9.13 Å². The number of nitriles is 1. The van der Waals surface area contributed by atoms with Crippen LogP contribution in [0.4, 0.5) is 5.69 Å². The molecule has 230 valence electrons. The van der Waals surface area contributed by atoms with E-state index in [9.17, 15) is 5.26 Å². The number of para-hydroxylation sites is 2. The fraction of sp³-hybridized carbons (Fsp3) is 0.0930. The summed E-state index contributed by atoms with van der Waals surface area (Å²) < 4.78 is 4.73. The SMILES string of the molecule is C/C=C\c1c(C)c2cc(C#N)ccc2n1-c1cccc(N)c1-c1cccc2c1SC1c3c(n(-c4ccccc4)c4ccccc34)C=CC21. The van der Waals surface area contributed by atoms with Gasteiger partial charge in [-0.15, -0.1) is 11.8 Å². The van der Waals surface area contributed by atoms with Gasteiger partial charge in [-0.3, -0.25) is 0 Å². The van der Waals surface area contributed by atoms with E-state index in [0.717, 1.165) is 44.7 Å². The molecule has 2 unspecified atom stereocenters. The first kappa shape index (κ1) is 28.5. The van der Waals surface area contributed by atoms with E-state index in [1.165, 1.54) is 38.3 Å². The predicted octanol–water partition coefficient (Wildman–Crippen LogP) is 11.0. The largest absolute Gasteiger partial charge is 0.398 e. The normalized spacial score (nSPS) is 16.4. The summed E-state index contributed by atoms with van der Waals surface area (Å²) in [5.41, 5.74) is 21.3. The highest BCUT2D eigenvalue weighted by atomic mass is 32.2. The third-order valence-electron chi connectivity index (χ3n) is 9.99. The molecule has 1 aliphatic heterocycles. The summed E-state index contributed by atoms with van der Waals surface area (Å²) in [4.78, 5) is 1.29. The monoisotopic (exact) mass is 636 g/mol. The summed E-state index contributed by atoms with van der Waals surface area (Å²) >= 11 is 1.97. The molecule has 2 N–H and O–H groups in total. The highest BCUT2D eigenvalue weighted by Crippen LogP contribution is 2.62. The Kier molecular flexibility index (Phi) is 6.50. The van der Waals surface area contributed by atoms with Crippen LogP contribution < -0.4 is 5.73 Å². The van der Waals surface area contributed by atoms with Crippen LogP contribution in [0.3, 0.4) is 0 Å². The number of nitrogens with two attached hydrogens (primary N) is 1. The van der Waals surface area contributed by atoms with Crippen molar-refractivity contribution in [2.24, 2.45) is 0 Å². The van der Waals surface area contributed by atoms with Gasteiger partial charge in [0.25, 0.3) is 0 Å². The molecule has 1 aliphatic carbocycles. The van der Waals surface area contributed by atoms with Gasteiger partial charge in [0, 0.05) is 49.5 Å². The van der Waals surface area contributed by atoms with Crippen LogP contribution in [0.2, 0.25) is 0 Å². The predicted molar refractivity (Wildman–Crippen MR) is 201 cm³/mol. The number of benzene rings is 5. The first-order valence-electron chi connectivity index (χ1n) is 16.3. The van der Waals surface area contributed by atoms with E-state index < -0.39 is 0 Å². The Balaban J connectivity index is 1.25. The Bertz CT molecular complexity index is 2540. The standard InChI is InChI=1S/C43H32N4S/c1-3-11-35-26(2)33-24-27(25-44)20-22-37(33)47(35)38-19-10-17-34(45)40(38)32-16-9-15-29-30-21-23-39-41(43(30)48-42(29)32)31-14-7-8-18-36(31)46(39)28-12-5-4-6-13-28/h3-24,30,43H,45H2,1-2H3/b11-3-. The molecule has 48 heavy (non-hydrogen) atoms. The summed E-state index contributed by atoms with van der Waals surface area (Å²) in [6, 6.07) is 40.7. The molecule has 0 saturated carbocycles. The molecule has 3 heterocycles. The van der Waals surface area contributed by atoms with Gasteiger partial charge in [-0.1, -0.05) is 72.8 Å². The Hall–Kier alpha value is -5.70. The van der Waals surface area contributed by atoms with Gasteiger partial charge in [0.1, 0.15) is 0 Å². The zero-order chi connectivity index (χ0) is 32.5. The number of hydrogen-bond acceptors (Lipinski definition) is 3. The van der Waals surface area contributed by atoms with Crippen molar-refractivity contribution < 1.29 is 0 Å². The lowest BCUT2D eigenvalue weighted by atomic mass is 9.85. The topological polar surface area (TPSA) is 59.7 Å². The fourth-order valence-corrected chi connectivity index (χ4v) is 9.58. The molecular weight excluding hydrogens is 605 g/mol. The summed E-state index contributed by atoms with van der Waals surface area (Å²) in [5, 5.41) is 12.3. The molecule has 0 amide bonds. The average molecular weight is 637 g/mol. The van der Waals surface area contributed by atoms with E-state index in [1.54, 1.807) is 0 Å². The summed E-state index contributed by atoms with van der Waals surface area (Å²) in [5.74, 6) is 0.249. The molecule has 7 aromatic rings. The zero-order valence-corrected chi connectivity index (χ0v) is 27.5. The molecule has 0 radical (unpaired) electrons. The second-order valence-electron chi connectivity index (χ2n) is 12.6. The zero-order valence-electron chi connectivity index (χ0n) is 26.7. The molecule has 4 nitrogen and oxygen atoms in total. The number of hydrogen-bond donors (Lipinski definition) is 1. The second kappa shape index (κ2) is 10.9. The molecule has 2 aromatic heterocycles. The van der Waals surface area contributed by atoms with Crippen molar-refractivity contribution in [2.75, 3.05) is 5.73 Å². The average Bonchev–Trinajstić information content (AvgIpc) is 3.76. The van der Waals surface area contributed by atoms with Crippen molar-refractivity contribution in [3.63, 3.8) is 0 Å². The highest BCUT2D eigenvalue weighted by Gasteiger charge is 2.40. The van der Waals surface area contributed by atoms with Gasteiger partial charge in [0.05, 0.1) is 34.0 Å². The van der Waals surface area contributed by atoms with Gasteiger partial charge in [-0.25, -0.2) is 0 Å². The minimum atomic E-state index is 0.238. The van der Waals surface area contributed by atoms with Crippen molar-refractivity contribution in [3.8, 4) is 28.6 Å². The van der Waals surface area contributed by atoms with Crippen LogP contribution in [0.15, 0.2) is 126 Å². The number of rotatable bonds is 4. The Morgan fingerprint density at radius 3 is 2.46 bits per heavy atom. The van der Waals surface area contributed by atoms with Gasteiger partial charge in [0.15, 0.2) is 0 Å². The Morgan fingerprint density at radius 2 is 1.62 bits per heavy atom. The molecular formula is C43H32N4S. The van der Waals surface area contributed by atoms with E-state index in [-0.39, 0.29) is 11.2 Å². The maximum atomic E-state index is 9.67. The maximum Gasteiger partial charge on any atom is 0.0991 e. The van der Waals surface area contributed by atoms with Crippen LogP contribution in [0.25, 0.3) is 56.5 Å². The second-order valence-corrected chi connectivity index (χ2v) is 13.7. The lowest BCUT2D eigenvalue weighted by Gasteiger charge is -2.22. The number of anilines is 1. The van der Waals surface area contributed by atoms with Crippen LogP contribution in [0, 0.1) is 18.3 Å². The van der Waals surface area contributed by atoms with Gasteiger partial charge >= 0.3 is 0 Å². The lowest BCUT2D eigenvalue weighted by Crippen LogP contribution is -2.08. The molecule has 0 saturated heterocycles. The molecule has 5 heteroatoms. The van der Waals surface area contributed by atoms with Crippen molar-refractivity contribution in [3.05, 3.63) is 155 Å². The molecule has 0 spiro atoms. The molecule has 2 aliphatic rings. The fourth-order valence-electron chi connectivity index (χ4n) is 7.94. The van der Waals surface area contributed by atoms with Crippen molar-refractivity contribution in [2.45, 2.75) is 29.9 Å². The molecule has 2 atom stereocenters. The number of aromatic nitrogens is 2. The van der Waals surface area contributed by atoms with E-state index in [4.69, 9.17) is 5.73 Å². The van der Waals surface area contributed by atoms with Gasteiger partial charge in [-0.2, -0.15) is 5.26 Å². The van der Waals surface area contributed by atoms with Crippen LogP contribution in [0.5, 0.6) is 0 Å². The number of allylic oxidation sites excluding steroid dienone is 2. The minimum absolute atomic E-state index is 0.238. The van der Waals surface area contributed by atoms with Crippen LogP contribution in [-0.2, 0) is 0 Å². The number of fused-ring (bicyclic) bond motifs is 8. The quantitative estimate of drug-likeness (QED) is 0.196. The Morgan fingerprint density at radius 1 is 0.833 bits per heavy atom. The number of aryl methyl sites for hydroxylation is 1. The van der Waals surface area contributed by atoms with E-state index in [2.05, 4.69) is 131 Å². The first-order valence-corrected chi connectivity index (χ1v) is 17.2. The minimum Gasteiger partial charge on any atom is -0.398 e. The molecule has 0 fully saturated rings. The number of nitrogen functional groups attached to an aromatic ring is 1. The van der Waals surface area contributed by atoms with Gasteiger partial charge < -0.3 is 14.9 Å². The van der Waals surface area contributed by atoms with Crippen molar-refractivity contribution in [1.29, 1.82) is 5.26 Å². The van der Waals surface area contributed by atoms with E-state index >= 15 is 0 Å². The van der Waals surface area contributed by atoms with Gasteiger partial charge in [-0.05, 0) is 96.8 Å². The number of nitrogens with zero attached hydrogens (tertiary/aromatic N) is 3. The molecule has 0 bridgehead atoms. The summed E-state index contributed by atoms with van der Waals surface area (Å²) in [6.45, 7) is 4.18. The third-order valence-corrected chi connectivity index (χ3v) is 11.5. The van der Waals surface area contributed by atoms with E-state index in [1.807, 2.05) is 43.0 Å². The van der Waals surface area contributed by atoms with Crippen LogP contribution >= 0.6 is 11.8 Å². The van der Waals surface area contributed by atoms with E-state index in [0.29, 0.717) is 5.56 Å². The van der Waals surface area contributed by atoms with Crippen LogP contribution in [0.1, 0.15) is 51.7 Å². The lowest BCUT2D eigenvalue weighted by molar-refractivity contribution is 0.817. The highest BCUT2D eigenvalue weighted by molar-refractivity contribution is 8.00. The van der Waals surface area contributed by atoms with Gasteiger partial charge in [0.2, 0.25) is 0 Å². The Labute approximate surface area is 284 Å². The first-order chi connectivity index (χ1) is 23.6. The maximum absolute atomic E-state index is 9.67. The smallest absolute Gasteiger partial charge is 0.0991 e. The van der Waals surface area contributed by atoms with Crippen molar-refractivity contribution in [1.82, 2.24) is 9.13 Å². The summed E-state index contributed by atoms with van der Waals surface area (Å²) in [7, 11) is 0. The number of thioether (sulfide) groups is 1. The molecule has 9 rings (SSSR count). The summed E-state index contributed by atoms with van der Waals surface area (Å²) in [6.07, 6.45) is 8.97. The van der Waals surface area contributed by atoms with Crippen molar-refractivity contribution >= 4 is 51.4 Å². The third kappa shape index (κ3) is 4.03. The molecule has 5 aromatic carbocycles.